The molecular formula is C4H3NO6S. The molecule has 0 saturated heterocycles. The molecule has 12 heavy (non-hydrogen) atoms. The van der Waals surface area contributed by atoms with Crippen LogP contribution in [0, 0.1) is 10.1 Å². The lowest BCUT2D eigenvalue weighted by atomic mass is 10.6. The average Bonchev–Trinajstić information content (AvgIpc) is 2.30. The van der Waals surface area contributed by atoms with Crippen LogP contribution in [0.5, 0.6) is 0 Å². The van der Waals surface area contributed by atoms with Crippen molar-refractivity contribution in [1.29, 1.82) is 0 Å². The van der Waals surface area contributed by atoms with E-state index in [-0.39, 0.29) is 0 Å². The van der Waals surface area contributed by atoms with Gasteiger partial charge in [-0.2, -0.15) is 8.42 Å². The van der Waals surface area contributed by atoms with Gasteiger partial charge in [0.15, 0.2) is 0 Å². The van der Waals surface area contributed by atoms with Crippen LogP contribution < -0.4 is 0 Å². The molecule has 1 aromatic rings. The van der Waals surface area contributed by atoms with Gasteiger partial charge in [-0.3, -0.25) is 14.7 Å². The van der Waals surface area contributed by atoms with Crippen molar-refractivity contribution in [3.05, 3.63) is 22.2 Å². The average molecular weight is 193 g/mol. The van der Waals surface area contributed by atoms with Crippen LogP contribution in [0.25, 0.3) is 0 Å². The van der Waals surface area contributed by atoms with E-state index in [1.165, 1.54) is 0 Å². The monoisotopic (exact) mass is 193 g/mol. The first-order valence-electron chi connectivity index (χ1n) is 2.63. The van der Waals surface area contributed by atoms with Gasteiger partial charge in [0.2, 0.25) is 0 Å². The first-order valence-corrected chi connectivity index (χ1v) is 4.07. The van der Waals surface area contributed by atoms with E-state index in [4.69, 9.17) is 4.55 Å². The molecule has 0 spiro atoms. The fourth-order valence-corrected chi connectivity index (χ4v) is 0.978. The summed E-state index contributed by atoms with van der Waals surface area (Å²) in [4.78, 5) is 9.07. The highest BCUT2D eigenvalue weighted by molar-refractivity contribution is 7.85. The number of hydrogen-bond donors (Lipinski definition) is 1. The second-order valence-electron chi connectivity index (χ2n) is 1.82. The first-order chi connectivity index (χ1) is 5.41. The summed E-state index contributed by atoms with van der Waals surface area (Å²) >= 11 is 0. The van der Waals surface area contributed by atoms with Crippen molar-refractivity contribution in [2.45, 2.75) is 5.09 Å². The summed E-state index contributed by atoms with van der Waals surface area (Å²) in [5.74, 6) is -0.734. The largest absolute Gasteiger partial charge is 0.434 e. The van der Waals surface area contributed by atoms with Gasteiger partial charge in [0, 0.05) is 6.07 Å². The van der Waals surface area contributed by atoms with E-state index < -0.39 is 26.0 Å². The Morgan fingerprint density at radius 1 is 1.50 bits per heavy atom. The Morgan fingerprint density at radius 3 is 2.33 bits per heavy atom. The number of furan rings is 1. The highest BCUT2D eigenvalue weighted by atomic mass is 32.2. The van der Waals surface area contributed by atoms with Crippen LogP contribution in [-0.2, 0) is 10.1 Å². The molecule has 0 radical (unpaired) electrons. The molecule has 1 aromatic heterocycles. The lowest BCUT2D eigenvalue weighted by Gasteiger charge is -1.86. The third-order valence-corrected chi connectivity index (χ3v) is 1.73. The quantitative estimate of drug-likeness (QED) is 0.414. The van der Waals surface area contributed by atoms with Crippen molar-refractivity contribution >= 4 is 16.0 Å². The van der Waals surface area contributed by atoms with Gasteiger partial charge in [0.25, 0.3) is 5.09 Å². The minimum Gasteiger partial charge on any atom is -0.386 e. The molecule has 1 heterocycles. The van der Waals surface area contributed by atoms with Crippen LogP contribution >= 0.6 is 0 Å². The molecule has 0 aliphatic heterocycles. The highest BCUT2D eigenvalue weighted by Crippen LogP contribution is 2.18. The van der Waals surface area contributed by atoms with Crippen molar-refractivity contribution in [3.8, 4) is 0 Å². The number of nitrogens with zero attached hydrogens (tertiary/aromatic N) is 1. The molecule has 0 amide bonds. The second kappa shape index (κ2) is 2.57. The third kappa shape index (κ3) is 1.60. The Bertz CT molecular complexity index is 403. The molecule has 0 fully saturated rings. The van der Waals surface area contributed by atoms with Gasteiger partial charge in [-0.05, 0) is 0 Å². The van der Waals surface area contributed by atoms with Crippen molar-refractivity contribution in [2.75, 3.05) is 0 Å². The zero-order valence-electron chi connectivity index (χ0n) is 5.50. The molecular weight excluding hydrogens is 190 g/mol. The fourth-order valence-electron chi connectivity index (χ4n) is 0.547. The lowest BCUT2D eigenvalue weighted by Crippen LogP contribution is -1.94. The maximum Gasteiger partial charge on any atom is 0.434 e. The molecule has 0 bridgehead atoms. The van der Waals surface area contributed by atoms with Gasteiger partial charge in [0.1, 0.15) is 4.92 Å². The standard InChI is InChI=1S/C4H3NO6S/c6-5(7)3-1-2-4(11-3)12(8,9)10/h1-2H,(H,8,9,10). The Balaban J connectivity index is 3.17. The summed E-state index contributed by atoms with van der Waals surface area (Å²) in [5.41, 5.74) is 0. The van der Waals surface area contributed by atoms with Crippen LogP contribution in [0.15, 0.2) is 21.6 Å². The van der Waals surface area contributed by atoms with Crippen molar-refractivity contribution in [1.82, 2.24) is 0 Å². The van der Waals surface area contributed by atoms with Crippen molar-refractivity contribution < 1.29 is 22.3 Å². The molecule has 0 saturated carbocycles. The van der Waals surface area contributed by atoms with E-state index in [2.05, 4.69) is 4.42 Å². The zero-order chi connectivity index (χ0) is 9.35. The minimum atomic E-state index is -4.49. The van der Waals surface area contributed by atoms with E-state index >= 15 is 0 Å². The first kappa shape index (κ1) is 8.68. The van der Waals surface area contributed by atoms with Gasteiger partial charge >= 0.3 is 16.0 Å². The van der Waals surface area contributed by atoms with Crippen molar-refractivity contribution in [3.63, 3.8) is 0 Å². The van der Waals surface area contributed by atoms with E-state index in [0.29, 0.717) is 0 Å². The maximum atomic E-state index is 10.3. The normalized spacial score (nSPS) is 11.4. The summed E-state index contributed by atoms with van der Waals surface area (Å²) in [6.45, 7) is 0. The lowest BCUT2D eigenvalue weighted by molar-refractivity contribution is -0.403. The Kier molecular flexibility index (Phi) is 1.86. The molecule has 1 rings (SSSR count). The summed E-state index contributed by atoms with van der Waals surface area (Å²) in [5, 5.41) is 9.14. The fraction of sp³-hybridized carbons (Fsp3) is 0. The second-order valence-corrected chi connectivity index (χ2v) is 3.18. The number of rotatable bonds is 2. The molecule has 1 N–H and O–H groups in total. The van der Waals surface area contributed by atoms with Gasteiger partial charge < -0.3 is 4.42 Å². The third-order valence-electron chi connectivity index (χ3n) is 1.00. The predicted molar refractivity (Wildman–Crippen MR) is 35.2 cm³/mol. The van der Waals surface area contributed by atoms with E-state index in [1.807, 2.05) is 0 Å². The van der Waals surface area contributed by atoms with Crippen LogP contribution in [0.1, 0.15) is 0 Å². The van der Waals surface area contributed by atoms with Crippen LogP contribution in [0.2, 0.25) is 0 Å². The molecule has 0 atom stereocenters. The van der Waals surface area contributed by atoms with Gasteiger partial charge in [-0.1, -0.05) is 0 Å². The van der Waals surface area contributed by atoms with Crippen LogP contribution in [0.3, 0.4) is 0 Å². The summed E-state index contributed by atoms with van der Waals surface area (Å²) < 4.78 is 33.1. The molecule has 7 nitrogen and oxygen atoms in total. The Hall–Kier alpha value is -1.41. The van der Waals surface area contributed by atoms with Gasteiger partial charge in [0.05, 0.1) is 6.07 Å². The zero-order valence-corrected chi connectivity index (χ0v) is 6.32. The Labute approximate surface area is 66.5 Å². The van der Waals surface area contributed by atoms with Crippen LogP contribution in [-0.4, -0.2) is 17.9 Å². The molecule has 0 aliphatic rings. The molecule has 8 heteroatoms. The number of nitro groups is 1. The maximum absolute atomic E-state index is 10.3. The molecule has 0 aromatic carbocycles. The molecule has 0 aliphatic carbocycles. The van der Waals surface area contributed by atoms with E-state index in [0.717, 1.165) is 12.1 Å². The number of hydrogen-bond acceptors (Lipinski definition) is 5. The predicted octanol–water partition coefficient (Wildman–Crippen LogP) is 0.435. The van der Waals surface area contributed by atoms with Gasteiger partial charge in [-0.15, -0.1) is 0 Å². The smallest absolute Gasteiger partial charge is 0.386 e. The van der Waals surface area contributed by atoms with Gasteiger partial charge in [-0.25, -0.2) is 0 Å². The summed E-state index contributed by atoms with van der Waals surface area (Å²) in [7, 11) is -4.49. The highest BCUT2D eigenvalue weighted by Gasteiger charge is 2.19. The molecule has 0 unspecified atom stereocenters. The summed E-state index contributed by atoms with van der Waals surface area (Å²) in [6.07, 6.45) is 0. The van der Waals surface area contributed by atoms with E-state index in [9.17, 15) is 18.5 Å². The van der Waals surface area contributed by atoms with E-state index in [1.54, 1.807) is 0 Å². The van der Waals surface area contributed by atoms with Crippen molar-refractivity contribution in [2.24, 2.45) is 0 Å². The van der Waals surface area contributed by atoms with Crippen LogP contribution in [0.4, 0.5) is 5.88 Å². The minimum absolute atomic E-state index is 0.734. The Morgan fingerprint density at radius 2 is 2.08 bits per heavy atom. The molecule has 66 valence electrons. The topological polar surface area (TPSA) is 111 Å². The summed E-state index contributed by atoms with van der Waals surface area (Å²) in [6, 6.07) is 1.64. The SMILES string of the molecule is O=[N+]([O-])c1ccc(S(=O)(=O)O)o1.